The molecule has 10 nitrogen and oxygen atoms in total. The van der Waals surface area contributed by atoms with E-state index < -0.39 is 0 Å². The lowest BCUT2D eigenvalue weighted by Crippen LogP contribution is -2.54. The Labute approximate surface area is 284 Å². The fourth-order valence-corrected chi connectivity index (χ4v) is 6.94. The highest BCUT2D eigenvalue weighted by atomic mass is 16.2. The third-order valence-corrected chi connectivity index (χ3v) is 9.61. The van der Waals surface area contributed by atoms with Gasteiger partial charge < -0.3 is 4.90 Å². The van der Waals surface area contributed by atoms with E-state index in [2.05, 4.69) is 60.7 Å². The summed E-state index contributed by atoms with van der Waals surface area (Å²) in [5.74, 6) is 3.74. The van der Waals surface area contributed by atoms with Gasteiger partial charge in [0.05, 0.1) is 0 Å². The van der Waals surface area contributed by atoms with E-state index in [1.54, 1.807) is 31.0 Å². The third kappa shape index (κ3) is 7.85. The highest BCUT2D eigenvalue weighted by molar-refractivity contribution is 5.92. The van der Waals surface area contributed by atoms with Crippen molar-refractivity contribution in [2.45, 2.75) is 104 Å². The predicted octanol–water partition coefficient (Wildman–Crippen LogP) is 6.59. The molecular formula is C38H49N9O. The second kappa shape index (κ2) is 14.0. The summed E-state index contributed by atoms with van der Waals surface area (Å²) in [5, 5.41) is 0. The lowest BCUT2D eigenvalue weighted by molar-refractivity contribution is -0.119. The first-order valence-corrected chi connectivity index (χ1v) is 17.5. The SMILES string of the molecule is CCc1ncc(-c2cnc(N(C(=O)CCc3ccccn3)C3CCC(Cc4ncc(C(C)(C)C)c(N5CC(C)(C)C5)n4)CC3)nc2)cn1. The molecule has 1 amide bonds. The molecule has 0 atom stereocenters. The number of rotatable bonds is 10. The van der Waals surface area contributed by atoms with Gasteiger partial charge in [-0.2, -0.15) is 0 Å². The van der Waals surface area contributed by atoms with Gasteiger partial charge in [-0.25, -0.2) is 29.9 Å². The van der Waals surface area contributed by atoms with E-state index in [1.807, 2.05) is 30.0 Å². The largest absolute Gasteiger partial charge is 0.355 e. The molecule has 10 heteroatoms. The van der Waals surface area contributed by atoms with Gasteiger partial charge in [0, 0.05) is 98.0 Å². The number of carbonyl (C=O) groups excluding carboxylic acids is 1. The second-order valence-electron chi connectivity index (χ2n) is 15.3. The average Bonchev–Trinajstić information content (AvgIpc) is 3.07. The van der Waals surface area contributed by atoms with Gasteiger partial charge in [0.25, 0.3) is 0 Å². The first-order chi connectivity index (χ1) is 23.0. The number of hydrogen-bond donors (Lipinski definition) is 0. The number of aromatic nitrogens is 7. The Morgan fingerprint density at radius 2 is 1.52 bits per heavy atom. The molecule has 1 aliphatic carbocycles. The Balaban J connectivity index is 1.16. The van der Waals surface area contributed by atoms with Crippen molar-refractivity contribution >= 4 is 17.7 Å². The molecule has 0 radical (unpaired) electrons. The lowest BCUT2D eigenvalue weighted by atomic mass is 9.81. The van der Waals surface area contributed by atoms with Crippen LogP contribution in [0.25, 0.3) is 11.1 Å². The second-order valence-corrected chi connectivity index (χ2v) is 15.3. The fraction of sp³-hybridized carbons (Fsp3) is 0.526. The minimum absolute atomic E-state index is 0.0219. The average molecular weight is 648 g/mol. The van der Waals surface area contributed by atoms with Crippen molar-refractivity contribution in [3.05, 3.63) is 78.3 Å². The van der Waals surface area contributed by atoms with Crippen molar-refractivity contribution in [3.63, 3.8) is 0 Å². The summed E-state index contributed by atoms with van der Waals surface area (Å²) >= 11 is 0. The number of nitrogens with zero attached hydrogens (tertiary/aromatic N) is 9. The van der Waals surface area contributed by atoms with Crippen LogP contribution in [0.1, 0.15) is 96.6 Å². The minimum atomic E-state index is -0.0219. The number of anilines is 2. The Hall–Kier alpha value is -4.34. The van der Waals surface area contributed by atoms with Crippen LogP contribution in [0.3, 0.4) is 0 Å². The van der Waals surface area contributed by atoms with Gasteiger partial charge >= 0.3 is 0 Å². The van der Waals surface area contributed by atoms with E-state index in [0.29, 0.717) is 30.1 Å². The van der Waals surface area contributed by atoms with Crippen LogP contribution in [-0.4, -0.2) is 59.9 Å². The molecule has 2 aliphatic rings. The van der Waals surface area contributed by atoms with Crippen LogP contribution in [0, 0.1) is 11.3 Å². The van der Waals surface area contributed by atoms with Gasteiger partial charge in [-0.15, -0.1) is 0 Å². The first-order valence-electron chi connectivity index (χ1n) is 17.5. The molecule has 1 aliphatic heterocycles. The van der Waals surface area contributed by atoms with Crippen LogP contribution in [0.5, 0.6) is 0 Å². The molecular weight excluding hydrogens is 598 g/mol. The van der Waals surface area contributed by atoms with Crippen LogP contribution < -0.4 is 9.80 Å². The molecule has 0 unspecified atom stereocenters. The molecule has 0 spiro atoms. The van der Waals surface area contributed by atoms with E-state index >= 15 is 0 Å². The summed E-state index contributed by atoms with van der Waals surface area (Å²) in [5.41, 5.74) is 4.09. The van der Waals surface area contributed by atoms with Gasteiger partial charge in [0.1, 0.15) is 17.5 Å². The van der Waals surface area contributed by atoms with Crippen LogP contribution in [0.4, 0.5) is 11.8 Å². The first kappa shape index (κ1) is 33.6. The zero-order chi connectivity index (χ0) is 33.9. The maximum absolute atomic E-state index is 13.9. The van der Waals surface area contributed by atoms with Gasteiger partial charge in [0.2, 0.25) is 11.9 Å². The number of hydrogen-bond acceptors (Lipinski definition) is 9. The molecule has 4 aromatic heterocycles. The summed E-state index contributed by atoms with van der Waals surface area (Å²) in [6.45, 7) is 15.4. The maximum Gasteiger partial charge on any atom is 0.232 e. The van der Waals surface area contributed by atoms with Crippen molar-refractivity contribution in [1.82, 2.24) is 34.9 Å². The van der Waals surface area contributed by atoms with Crippen molar-refractivity contribution < 1.29 is 4.79 Å². The number of carbonyl (C=O) groups is 1. The molecule has 0 N–H and O–H groups in total. The third-order valence-electron chi connectivity index (χ3n) is 9.61. The highest BCUT2D eigenvalue weighted by Gasteiger charge is 2.38. The van der Waals surface area contributed by atoms with E-state index in [4.69, 9.17) is 19.9 Å². The Morgan fingerprint density at radius 3 is 2.10 bits per heavy atom. The van der Waals surface area contributed by atoms with Crippen LogP contribution >= 0.6 is 0 Å². The van der Waals surface area contributed by atoms with E-state index in [0.717, 1.165) is 85.9 Å². The van der Waals surface area contributed by atoms with Crippen molar-refractivity contribution in [1.29, 1.82) is 0 Å². The molecule has 6 rings (SSSR count). The van der Waals surface area contributed by atoms with E-state index in [9.17, 15) is 4.79 Å². The molecule has 252 valence electrons. The minimum Gasteiger partial charge on any atom is -0.355 e. The Bertz CT molecular complexity index is 1670. The zero-order valence-corrected chi connectivity index (χ0v) is 29.4. The lowest BCUT2D eigenvalue weighted by Gasteiger charge is -2.48. The summed E-state index contributed by atoms with van der Waals surface area (Å²) in [6.07, 6.45) is 17.3. The molecule has 0 bridgehead atoms. The molecule has 48 heavy (non-hydrogen) atoms. The molecule has 1 saturated heterocycles. The van der Waals surface area contributed by atoms with Crippen molar-refractivity contribution in [3.8, 4) is 11.1 Å². The van der Waals surface area contributed by atoms with E-state index in [1.165, 1.54) is 5.56 Å². The summed E-state index contributed by atoms with van der Waals surface area (Å²) in [6, 6.07) is 5.84. The van der Waals surface area contributed by atoms with Gasteiger partial charge in [-0.05, 0) is 61.0 Å². The number of pyridine rings is 1. The van der Waals surface area contributed by atoms with Crippen LogP contribution in [0.2, 0.25) is 0 Å². The standard InChI is InChI=1S/C38H49N9O/c1-7-32-40-19-27(20-41-32)28-21-43-36(44-22-28)47(34(48)16-13-29-10-8-9-17-39-29)30-14-11-26(12-15-30)18-33-42-23-31(37(2,3)4)35(45-33)46-24-38(5,6)25-46/h8-10,17,19-23,26,30H,7,11-16,18,24-25H2,1-6H3. The molecule has 0 aromatic carbocycles. The number of amides is 1. The fourth-order valence-electron chi connectivity index (χ4n) is 6.94. The quantitative estimate of drug-likeness (QED) is 0.188. The topological polar surface area (TPSA) is 114 Å². The van der Waals surface area contributed by atoms with Gasteiger partial charge in [-0.1, -0.05) is 47.6 Å². The van der Waals surface area contributed by atoms with Gasteiger partial charge in [0.15, 0.2) is 0 Å². The zero-order valence-electron chi connectivity index (χ0n) is 29.4. The Kier molecular flexibility index (Phi) is 9.80. The smallest absolute Gasteiger partial charge is 0.232 e. The summed E-state index contributed by atoms with van der Waals surface area (Å²) in [4.78, 5) is 50.8. The molecule has 5 heterocycles. The van der Waals surface area contributed by atoms with Crippen LogP contribution in [-0.2, 0) is 29.5 Å². The van der Waals surface area contributed by atoms with E-state index in [-0.39, 0.29) is 17.4 Å². The molecule has 4 aromatic rings. The monoisotopic (exact) mass is 647 g/mol. The summed E-state index contributed by atoms with van der Waals surface area (Å²) in [7, 11) is 0. The molecule has 2 fully saturated rings. The van der Waals surface area contributed by atoms with Crippen molar-refractivity contribution in [2.24, 2.45) is 11.3 Å². The highest BCUT2D eigenvalue weighted by Crippen LogP contribution is 2.39. The number of aryl methyl sites for hydroxylation is 2. The Morgan fingerprint density at radius 1 is 0.875 bits per heavy atom. The maximum atomic E-state index is 13.9. The van der Waals surface area contributed by atoms with Crippen LogP contribution in [0.15, 0.2) is 55.4 Å². The van der Waals surface area contributed by atoms with Gasteiger partial charge in [-0.3, -0.25) is 14.7 Å². The molecule has 1 saturated carbocycles. The van der Waals surface area contributed by atoms with Crippen molar-refractivity contribution in [2.75, 3.05) is 22.9 Å². The normalized spacial score (nSPS) is 19.1. The summed E-state index contributed by atoms with van der Waals surface area (Å²) < 4.78 is 0. The predicted molar refractivity (Wildman–Crippen MR) is 189 cm³/mol.